The standard InChI is InChI=1S/C19H24N2O2S/c1-4-22-17-9-5-15(6-10-17)13-20-19(24)21-16-7-11-18(12-8-16)23-14(2)3/h5-12,14H,4,13H2,1-3H3,(H2,20,21,24). The van der Waals surface area contributed by atoms with Gasteiger partial charge >= 0.3 is 0 Å². The Balaban J connectivity index is 1.80. The van der Waals surface area contributed by atoms with E-state index in [9.17, 15) is 0 Å². The van der Waals surface area contributed by atoms with Crippen LogP contribution in [0.5, 0.6) is 11.5 Å². The van der Waals surface area contributed by atoms with Gasteiger partial charge in [0.25, 0.3) is 0 Å². The Hall–Kier alpha value is -2.27. The van der Waals surface area contributed by atoms with Crippen LogP contribution in [0.4, 0.5) is 5.69 Å². The quantitative estimate of drug-likeness (QED) is 0.731. The molecule has 2 N–H and O–H groups in total. The predicted molar refractivity (Wildman–Crippen MR) is 103 cm³/mol. The summed E-state index contributed by atoms with van der Waals surface area (Å²) >= 11 is 5.33. The van der Waals surface area contributed by atoms with Crippen LogP contribution in [0.2, 0.25) is 0 Å². The number of rotatable bonds is 7. The average molecular weight is 344 g/mol. The van der Waals surface area contributed by atoms with E-state index in [1.54, 1.807) is 0 Å². The number of hydrogen-bond donors (Lipinski definition) is 2. The van der Waals surface area contributed by atoms with Gasteiger partial charge in [-0.2, -0.15) is 0 Å². The van der Waals surface area contributed by atoms with Gasteiger partial charge in [0, 0.05) is 12.2 Å². The minimum absolute atomic E-state index is 0.167. The number of hydrogen-bond acceptors (Lipinski definition) is 3. The van der Waals surface area contributed by atoms with E-state index < -0.39 is 0 Å². The van der Waals surface area contributed by atoms with Gasteiger partial charge in [-0.05, 0) is 75.0 Å². The van der Waals surface area contributed by atoms with Crippen molar-refractivity contribution in [2.45, 2.75) is 33.4 Å². The normalized spacial score (nSPS) is 10.3. The maximum Gasteiger partial charge on any atom is 0.171 e. The van der Waals surface area contributed by atoms with E-state index in [1.807, 2.05) is 69.3 Å². The van der Waals surface area contributed by atoms with Crippen LogP contribution in [-0.4, -0.2) is 17.8 Å². The van der Waals surface area contributed by atoms with E-state index in [2.05, 4.69) is 10.6 Å². The Kier molecular flexibility index (Phi) is 6.88. The van der Waals surface area contributed by atoms with Gasteiger partial charge in [0.05, 0.1) is 12.7 Å². The summed E-state index contributed by atoms with van der Waals surface area (Å²) in [6.45, 7) is 7.32. The number of nitrogens with one attached hydrogen (secondary N) is 2. The first-order valence-electron chi connectivity index (χ1n) is 8.10. The van der Waals surface area contributed by atoms with Gasteiger partial charge in [-0.1, -0.05) is 12.1 Å². The zero-order chi connectivity index (χ0) is 17.4. The molecule has 0 aliphatic heterocycles. The fourth-order valence-corrected chi connectivity index (χ4v) is 2.31. The second-order valence-corrected chi connectivity index (χ2v) is 5.98. The Morgan fingerprint density at radius 2 is 1.62 bits per heavy atom. The molecule has 128 valence electrons. The van der Waals surface area contributed by atoms with Crippen LogP contribution in [0.3, 0.4) is 0 Å². The van der Waals surface area contributed by atoms with Crippen molar-refractivity contribution in [2.75, 3.05) is 11.9 Å². The van der Waals surface area contributed by atoms with Gasteiger partial charge in [-0.15, -0.1) is 0 Å². The van der Waals surface area contributed by atoms with Gasteiger partial charge < -0.3 is 20.1 Å². The zero-order valence-electron chi connectivity index (χ0n) is 14.3. The topological polar surface area (TPSA) is 42.5 Å². The molecule has 0 saturated heterocycles. The van der Waals surface area contributed by atoms with E-state index in [0.29, 0.717) is 18.3 Å². The molecule has 0 aliphatic carbocycles. The van der Waals surface area contributed by atoms with Gasteiger partial charge in [0.2, 0.25) is 0 Å². The monoisotopic (exact) mass is 344 g/mol. The van der Waals surface area contributed by atoms with Crippen molar-refractivity contribution in [1.29, 1.82) is 0 Å². The van der Waals surface area contributed by atoms with Crippen molar-refractivity contribution in [3.63, 3.8) is 0 Å². The minimum atomic E-state index is 0.167. The van der Waals surface area contributed by atoms with Crippen LogP contribution in [0, 0.1) is 0 Å². The first kappa shape index (κ1) is 18.1. The van der Waals surface area contributed by atoms with Gasteiger partial charge in [0.15, 0.2) is 5.11 Å². The highest BCUT2D eigenvalue weighted by atomic mass is 32.1. The Bertz CT molecular complexity index is 639. The molecule has 4 nitrogen and oxygen atoms in total. The molecule has 0 aliphatic rings. The molecule has 0 unspecified atom stereocenters. The first-order chi connectivity index (χ1) is 11.6. The van der Waals surface area contributed by atoms with Gasteiger partial charge in [-0.3, -0.25) is 0 Å². The largest absolute Gasteiger partial charge is 0.494 e. The third-order valence-electron chi connectivity index (χ3n) is 3.17. The number of thiocarbonyl (C=S) groups is 1. The molecule has 2 rings (SSSR count). The summed E-state index contributed by atoms with van der Waals surface area (Å²) in [4.78, 5) is 0. The molecule has 0 spiro atoms. The maximum atomic E-state index is 5.62. The second-order valence-electron chi connectivity index (χ2n) is 5.58. The Morgan fingerprint density at radius 1 is 1.00 bits per heavy atom. The summed E-state index contributed by atoms with van der Waals surface area (Å²) < 4.78 is 11.1. The highest BCUT2D eigenvalue weighted by molar-refractivity contribution is 7.80. The third kappa shape index (κ3) is 6.08. The molecule has 0 radical (unpaired) electrons. The molecule has 0 fully saturated rings. The fraction of sp³-hybridized carbons (Fsp3) is 0.316. The summed E-state index contributed by atoms with van der Waals surface area (Å²) in [5.41, 5.74) is 2.07. The average Bonchev–Trinajstić information content (AvgIpc) is 2.56. The lowest BCUT2D eigenvalue weighted by Gasteiger charge is -2.13. The summed E-state index contributed by atoms with van der Waals surface area (Å²) in [5.74, 6) is 1.73. The number of anilines is 1. The lowest BCUT2D eigenvalue weighted by molar-refractivity contribution is 0.242. The zero-order valence-corrected chi connectivity index (χ0v) is 15.2. The SMILES string of the molecule is CCOc1ccc(CNC(=S)Nc2ccc(OC(C)C)cc2)cc1. The van der Waals surface area contributed by atoms with Crippen molar-refractivity contribution in [3.05, 3.63) is 54.1 Å². The van der Waals surface area contributed by atoms with E-state index in [1.165, 1.54) is 0 Å². The number of ether oxygens (including phenoxy) is 2. The molecule has 0 aromatic heterocycles. The lowest BCUT2D eigenvalue weighted by Crippen LogP contribution is -2.27. The molecule has 0 bridgehead atoms. The van der Waals surface area contributed by atoms with E-state index in [4.69, 9.17) is 21.7 Å². The molecule has 5 heteroatoms. The summed E-state index contributed by atoms with van der Waals surface area (Å²) in [7, 11) is 0. The van der Waals surface area contributed by atoms with Crippen LogP contribution in [0.1, 0.15) is 26.3 Å². The molecule has 2 aromatic carbocycles. The minimum Gasteiger partial charge on any atom is -0.494 e. The molecule has 0 amide bonds. The molecule has 2 aromatic rings. The Morgan fingerprint density at radius 3 is 2.21 bits per heavy atom. The predicted octanol–water partition coefficient (Wildman–Crippen LogP) is 4.36. The Labute approximate surface area is 149 Å². The van der Waals surface area contributed by atoms with E-state index in [0.717, 1.165) is 22.7 Å². The van der Waals surface area contributed by atoms with Crippen LogP contribution < -0.4 is 20.1 Å². The summed E-state index contributed by atoms with van der Waals surface area (Å²) in [6.07, 6.45) is 0.167. The van der Waals surface area contributed by atoms with Crippen LogP contribution in [-0.2, 0) is 6.54 Å². The molecule has 0 heterocycles. The molecular formula is C19H24N2O2S. The molecule has 0 atom stereocenters. The van der Waals surface area contributed by atoms with Crippen LogP contribution in [0.15, 0.2) is 48.5 Å². The van der Waals surface area contributed by atoms with Gasteiger partial charge in [0.1, 0.15) is 11.5 Å². The van der Waals surface area contributed by atoms with E-state index >= 15 is 0 Å². The first-order valence-corrected chi connectivity index (χ1v) is 8.51. The highest BCUT2D eigenvalue weighted by Gasteiger charge is 2.01. The maximum absolute atomic E-state index is 5.62. The van der Waals surface area contributed by atoms with Crippen molar-refractivity contribution < 1.29 is 9.47 Å². The van der Waals surface area contributed by atoms with Crippen molar-refractivity contribution in [1.82, 2.24) is 5.32 Å². The van der Waals surface area contributed by atoms with Crippen LogP contribution in [0.25, 0.3) is 0 Å². The summed E-state index contributed by atoms with van der Waals surface area (Å²) in [6, 6.07) is 15.7. The second kappa shape index (κ2) is 9.13. The van der Waals surface area contributed by atoms with Crippen molar-refractivity contribution >= 4 is 23.0 Å². The highest BCUT2D eigenvalue weighted by Crippen LogP contribution is 2.17. The molecule has 24 heavy (non-hydrogen) atoms. The van der Waals surface area contributed by atoms with E-state index in [-0.39, 0.29) is 6.10 Å². The summed E-state index contributed by atoms with van der Waals surface area (Å²) in [5, 5.41) is 6.94. The van der Waals surface area contributed by atoms with Crippen LogP contribution >= 0.6 is 12.2 Å². The fourth-order valence-electron chi connectivity index (χ4n) is 2.12. The third-order valence-corrected chi connectivity index (χ3v) is 3.42. The molecular weight excluding hydrogens is 320 g/mol. The lowest BCUT2D eigenvalue weighted by atomic mass is 10.2. The van der Waals surface area contributed by atoms with Gasteiger partial charge in [-0.25, -0.2) is 0 Å². The van der Waals surface area contributed by atoms with Crippen molar-refractivity contribution in [2.24, 2.45) is 0 Å². The smallest absolute Gasteiger partial charge is 0.171 e. The number of benzene rings is 2. The van der Waals surface area contributed by atoms with Crippen molar-refractivity contribution in [3.8, 4) is 11.5 Å². The molecule has 0 saturated carbocycles.